The number of nitrogens with zero attached hydrogens (tertiary/aromatic N) is 1. The number of sulfonamides is 1. The van der Waals surface area contributed by atoms with Crippen LogP contribution in [0.15, 0.2) is 39.9 Å². The normalized spacial score (nSPS) is 20.0. The Balaban J connectivity index is 1.99. The third-order valence-corrected chi connectivity index (χ3v) is 6.32. The molecule has 0 spiro atoms. The van der Waals surface area contributed by atoms with Gasteiger partial charge >= 0.3 is 0 Å². The van der Waals surface area contributed by atoms with Crippen molar-refractivity contribution in [2.75, 3.05) is 12.3 Å². The van der Waals surface area contributed by atoms with Crippen molar-refractivity contribution in [3.63, 3.8) is 0 Å². The zero-order chi connectivity index (χ0) is 15.0. The Hall–Kier alpha value is -1.44. The van der Waals surface area contributed by atoms with Gasteiger partial charge in [0.05, 0.1) is 16.6 Å². The summed E-state index contributed by atoms with van der Waals surface area (Å²) in [6.07, 6.45) is 1.59. The largest absolute Gasteiger partial charge is 0.396 e. The predicted octanol–water partition coefficient (Wildman–Crippen LogP) is 3.00. The Morgan fingerprint density at radius 3 is 2.81 bits per heavy atom. The standard InChI is InChI=1S/C14H15FN2O2S2/c15-12-8-11(3-4-13(12)16)21(18,19)17-6-1-2-14(17)10-5-7-20-9-10/h3-5,7-9,14H,1-2,6,16H2. The Morgan fingerprint density at radius 2 is 2.14 bits per heavy atom. The summed E-state index contributed by atoms with van der Waals surface area (Å²) in [5.74, 6) is -0.706. The Labute approximate surface area is 127 Å². The second-order valence-corrected chi connectivity index (χ2v) is 7.68. The van der Waals surface area contributed by atoms with Crippen LogP contribution >= 0.6 is 11.3 Å². The van der Waals surface area contributed by atoms with Crippen molar-refractivity contribution in [2.45, 2.75) is 23.8 Å². The summed E-state index contributed by atoms with van der Waals surface area (Å²) in [5.41, 5.74) is 6.35. The van der Waals surface area contributed by atoms with Crippen LogP contribution in [0.1, 0.15) is 24.4 Å². The number of hydrogen-bond donors (Lipinski definition) is 1. The number of benzene rings is 1. The van der Waals surface area contributed by atoms with Crippen molar-refractivity contribution in [1.29, 1.82) is 0 Å². The summed E-state index contributed by atoms with van der Waals surface area (Å²) in [7, 11) is -3.71. The number of nitrogen functional groups attached to an aromatic ring is 1. The lowest BCUT2D eigenvalue weighted by Crippen LogP contribution is -2.30. The first kappa shape index (κ1) is 14.5. The van der Waals surface area contributed by atoms with Gasteiger partial charge in [0.1, 0.15) is 5.82 Å². The molecule has 0 bridgehead atoms. The summed E-state index contributed by atoms with van der Waals surface area (Å²) in [5, 5.41) is 3.89. The second-order valence-electron chi connectivity index (χ2n) is 5.01. The summed E-state index contributed by atoms with van der Waals surface area (Å²) in [6, 6.07) is 5.41. The molecule has 1 unspecified atom stereocenters. The maximum atomic E-state index is 13.6. The number of halogens is 1. The highest BCUT2D eigenvalue weighted by Gasteiger charge is 2.36. The third-order valence-electron chi connectivity index (χ3n) is 3.71. The Kier molecular flexibility index (Phi) is 3.73. The lowest BCUT2D eigenvalue weighted by atomic mass is 10.1. The fourth-order valence-electron chi connectivity index (χ4n) is 2.63. The van der Waals surface area contributed by atoms with E-state index in [1.165, 1.54) is 16.4 Å². The van der Waals surface area contributed by atoms with E-state index in [0.29, 0.717) is 6.54 Å². The fourth-order valence-corrected chi connectivity index (χ4v) is 5.03. The van der Waals surface area contributed by atoms with Crippen LogP contribution in [0.25, 0.3) is 0 Å². The summed E-state index contributed by atoms with van der Waals surface area (Å²) < 4.78 is 40.5. The smallest absolute Gasteiger partial charge is 0.243 e. The van der Waals surface area contributed by atoms with Crippen LogP contribution in [0.2, 0.25) is 0 Å². The van der Waals surface area contributed by atoms with Crippen molar-refractivity contribution >= 4 is 27.0 Å². The Bertz CT molecular complexity index is 744. The Morgan fingerprint density at radius 1 is 1.33 bits per heavy atom. The van der Waals surface area contributed by atoms with Crippen molar-refractivity contribution in [3.05, 3.63) is 46.4 Å². The average Bonchev–Trinajstić information content (AvgIpc) is 3.11. The predicted molar refractivity (Wildman–Crippen MR) is 81.0 cm³/mol. The maximum absolute atomic E-state index is 13.6. The molecule has 1 aromatic heterocycles. The molecule has 2 N–H and O–H groups in total. The van der Waals surface area contributed by atoms with E-state index in [1.807, 2.05) is 16.8 Å². The van der Waals surface area contributed by atoms with Crippen LogP contribution in [0.5, 0.6) is 0 Å². The number of hydrogen-bond acceptors (Lipinski definition) is 4. The van der Waals surface area contributed by atoms with Gasteiger partial charge in [-0.05, 0) is 53.4 Å². The highest BCUT2D eigenvalue weighted by molar-refractivity contribution is 7.89. The SMILES string of the molecule is Nc1ccc(S(=O)(=O)N2CCCC2c2ccsc2)cc1F. The molecule has 1 saturated heterocycles. The van der Waals surface area contributed by atoms with Crippen molar-refractivity contribution in [1.82, 2.24) is 4.31 Å². The van der Waals surface area contributed by atoms with Crippen molar-refractivity contribution < 1.29 is 12.8 Å². The van der Waals surface area contributed by atoms with Crippen LogP contribution in [0, 0.1) is 5.82 Å². The van der Waals surface area contributed by atoms with Crippen LogP contribution in [0.3, 0.4) is 0 Å². The monoisotopic (exact) mass is 326 g/mol. The topological polar surface area (TPSA) is 63.4 Å². The second kappa shape index (κ2) is 5.40. The van der Waals surface area contributed by atoms with E-state index < -0.39 is 15.8 Å². The first-order valence-electron chi connectivity index (χ1n) is 6.59. The molecule has 3 rings (SSSR count). The molecule has 1 aromatic carbocycles. The molecule has 7 heteroatoms. The van der Waals surface area contributed by atoms with Gasteiger partial charge < -0.3 is 5.73 Å². The van der Waals surface area contributed by atoms with Gasteiger partial charge in [0.25, 0.3) is 0 Å². The van der Waals surface area contributed by atoms with E-state index in [-0.39, 0.29) is 16.6 Å². The van der Waals surface area contributed by atoms with E-state index in [2.05, 4.69) is 0 Å². The first-order chi connectivity index (χ1) is 10.00. The van der Waals surface area contributed by atoms with Gasteiger partial charge in [-0.1, -0.05) is 0 Å². The van der Waals surface area contributed by atoms with Gasteiger partial charge in [-0.2, -0.15) is 15.6 Å². The van der Waals surface area contributed by atoms with E-state index >= 15 is 0 Å². The third kappa shape index (κ3) is 2.56. The molecule has 0 aliphatic carbocycles. The molecule has 1 atom stereocenters. The number of anilines is 1. The fraction of sp³-hybridized carbons (Fsp3) is 0.286. The lowest BCUT2D eigenvalue weighted by Gasteiger charge is -2.23. The van der Waals surface area contributed by atoms with Crippen LogP contribution in [-0.4, -0.2) is 19.3 Å². The molecule has 112 valence electrons. The van der Waals surface area contributed by atoms with E-state index in [4.69, 9.17) is 5.73 Å². The number of thiophene rings is 1. The van der Waals surface area contributed by atoms with Gasteiger partial charge in [-0.25, -0.2) is 12.8 Å². The zero-order valence-corrected chi connectivity index (χ0v) is 12.8. The van der Waals surface area contributed by atoms with Gasteiger partial charge in [-0.15, -0.1) is 0 Å². The first-order valence-corrected chi connectivity index (χ1v) is 8.97. The number of nitrogens with two attached hydrogens (primary N) is 1. The van der Waals surface area contributed by atoms with Crippen molar-refractivity contribution in [3.8, 4) is 0 Å². The molecule has 0 radical (unpaired) electrons. The summed E-state index contributed by atoms with van der Waals surface area (Å²) >= 11 is 1.54. The molecule has 2 aromatic rings. The highest BCUT2D eigenvalue weighted by atomic mass is 32.2. The molecule has 0 saturated carbocycles. The molecule has 0 amide bonds. The number of rotatable bonds is 3. The van der Waals surface area contributed by atoms with E-state index in [9.17, 15) is 12.8 Å². The minimum atomic E-state index is -3.71. The molecular weight excluding hydrogens is 311 g/mol. The summed E-state index contributed by atoms with van der Waals surface area (Å²) in [6.45, 7) is 0.453. The molecule has 1 aliphatic rings. The average molecular weight is 326 g/mol. The minimum absolute atomic E-state index is 0.0451. The van der Waals surface area contributed by atoms with Gasteiger partial charge in [-0.3, -0.25) is 0 Å². The quantitative estimate of drug-likeness (QED) is 0.882. The molecule has 21 heavy (non-hydrogen) atoms. The minimum Gasteiger partial charge on any atom is -0.396 e. The van der Waals surface area contributed by atoms with E-state index in [1.54, 1.807) is 11.3 Å². The van der Waals surface area contributed by atoms with Crippen LogP contribution < -0.4 is 5.73 Å². The van der Waals surface area contributed by atoms with Gasteiger partial charge in [0.2, 0.25) is 10.0 Å². The maximum Gasteiger partial charge on any atom is 0.243 e. The van der Waals surface area contributed by atoms with Crippen LogP contribution in [-0.2, 0) is 10.0 Å². The molecular formula is C14H15FN2O2S2. The van der Waals surface area contributed by atoms with Gasteiger partial charge in [0, 0.05) is 6.54 Å². The highest BCUT2D eigenvalue weighted by Crippen LogP contribution is 2.37. The van der Waals surface area contributed by atoms with Gasteiger partial charge in [0.15, 0.2) is 0 Å². The molecule has 2 heterocycles. The van der Waals surface area contributed by atoms with Crippen molar-refractivity contribution in [2.24, 2.45) is 0 Å². The molecule has 1 aliphatic heterocycles. The van der Waals surface area contributed by atoms with E-state index in [0.717, 1.165) is 24.5 Å². The lowest BCUT2D eigenvalue weighted by molar-refractivity contribution is 0.397. The zero-order valence-electron chi connectivity index (χ0n) is 11.2. The van der Waals surface area contributed by atoms with Crippen LogP contribution in [0.4, 0.5) is 10.1 Å². The molecule has 4 nitrogen and oxygen atoms in total. The molecule has 1 fully saturated rings. The summed E-state index contributed by atoms with van der Waals surface area (Å²) in [4.78, 5) is -0.0451.